The molecule has 0 bridgehead atoms. The maximum absolute atomic E-state index is 13.3. The molecule has 3 aromatic rings. The van der Waals surface area contributed by atoms with Gasteiger partial charge < -0.3 is 10.2 Å². The number of nitrogens with one attached hydrogen (secondary N) is 2. The fourth-order valence-electron chi connectivity index (χ4n) is 4.14. The maximum Gasteiger partial charge on any atom is 0.224 e. The Bertz CT molecular complexity index is 1040. The topological polar surface area (TPSA) is 91.0 Å². The number of rotatable bonds is 6. The number of piperidine rings is 1. The summed E-state index contributed by atoms with van der Waals surface area (Å²) in [5.74, 6) is -0.294. The number of halogens is 1. The molecule has 1 saturated heterocycles. The van der Waals surface area contributed by atoms with Gasteiger partial charge in [0.25, 0.3) is 0 Å². The highest BCUT2D eigenvalue weighted by Crippen LogP contribution is 2.29. The van der Waals surface area contributed by atoms with Crippen LogP contribution in [0.4, 0.5) is 4.39 Å². The summed E-state index contributed by atoms with van der Waals surface area (Å²) in [7, 11) is 0. The molecule has 1 aromatic carbocycles. The maximum atomic E-state index is 13.3. The molecule has 0 aliphatic carbocycles. The second-order valence-electron chi connectivity index (χ2n) is 8.11. The van der Waals surface area contributed by atoms with E-state index in [-0.39, 0.29) is 24.1 Å². The number of amides is 2. The summed E-state index contributed by atoms with van der Waals surface area (Å²) in [6.07, 6.45) is 5.38. The Hall–Kier alpha value is -3.55. The first-order valence-corrected chi connectivity index (χ1v) is 10.8. The fraction of sp³-hybridized carbons (Fsp3) is 0.333. The number of hydrogen-bond acceptors (Lipinski definition) is 4. The van der Waals surface area contributed by atoms with Crippen LogP contribution in [0.1, 0.15) is 49.4 Å². The quantitative estimate of drug-likeness (QED) is 0.619. The molecule has 4 rings (SSSR count). The summed E-state index contributed by atoms with van der Waals surface area (Å²) in [4.78, 5) is 31.0. The summed E-state index contributed by atoms with van der Waals surface area (Å²) in [5.41, 5.74) is 3.66. The molecule has 2 N–H and O–H groups in total. The molecular formula is C24H26FN5O2. The normalized spacial score (nSPS) is 15.4. The van der Waals surface area contributed by atoms with Crippen molar-refractivity contribution in [2.75, 3.05) is 13.1 Å². The molecule has 3 heterocycles. The van der Waals surface area contributed by atoms with E-state index in [0.717, 1.165) is 29.8 Å². The zero-order chi connectivity index (χ0) is 22.5. The Labute approximate surface area is 186 Å². The second kappa shape index (κ2) is 9.72. The fourth-order valence-corrected chi connectivity index (χ4v) is 4.14. The van der Waals surface area contributed by atoms with Gasteiger partial charge in [0.15, 0.2) is 0 Å². The predicted octanol–water partition coefficient (Wildman–Crippen LogP) is 3.58. The van der Waals surface area contributed by atoms with Crippen LogP contribution in [0.2, 0.25) is 0 Å². The average molecular weight is 436 g/mol. The summed E-state index contributed by atoms with van der Waals surface area (Å²) in [5, 5.41) is 9.71. The van der Waals surface area contributed by atoms with Crippen molar-refractivity contribution in [2.45, 2.75) is 38.1 Å². The summed E-state index contributed by atoms with van der Waals surface area (Å²) in [6.45, 7) is 2.70. The number of pyridine rings is 1. The number of hydrogen-bond donors (Lipinski definition) is 2. The third kappa shape index (κ3) is 5.19. The number of aromatic nitrogens is 3. The first-order chi connectivity index (χ1) is 15.5. The molecular weight excluding hydrogens is 409 g/mol. The van der Waals surface area contributed by atoms with Gasteiger partial charge in [-0.15, -0.1) is 0 Å². The molecule has 2 amide bonds. The van der Waals surface area contributed by atoms with Gasteiger partial charge >= 0.3 is 0 Å². The van der Waals surface area contributed by atoms with Gasteiger partial charge in [-0.3, -0.25) is 19.7 Å². The van der Waals surface area contributed by atoms with Gasteiger partial charge in [-0.1, -0.05) is 12.1 Å². The minimum absolute atomic E-state index is 0.0194. The van der Waals surface area contributed by atoms with E-state index in [1.807, 2.05) is 29.3 Å². The third-order valence-electron chi connectivity index (χ3n) is 5.89. The minimum atomic E-state index is -0.477. The molecule has 166 valence electrons. The van der Waals surface area contributed by atoms with Crippen LogP contribution >= 0.6 is 0 Å². The lowest BCUT2D eigenvalue weighted by molar-refractivity contribution is -0.133. The van der Waals surface area contributed by atoms with Crippen LogP contribution in [0.15, 0.2) is 54.9 Å². The van der Waals surface area contributed by atoms with Crippen molar-refractivity contribution in [3.05, 3.63) is 71.9 Å². The Morgan fingerprint density at radius 2 is 1.91 bits per heavy atom. The van der Waals surface area contributed by atoms with Crippen molar-refractivity contribution in [1.29, 1.82) is 0 Å². The predicted molar refractivity (Wildman–Crippen MR) is 118 cm³/mol. The first-order valence-electron chi connectivity index (χ1n) is 10.8. The monoisotopic (exact) mass is 435 g/mol. The van der Waals surface area contributed by atoms with Crippen LogP contribution in [0.5, 0.6) is 0 Å². The van der Waals surface area contributed by atoms with Crippen molar-refractivity contribution < 1.29 is 14.0 Å². The van der Waals surface area contributed by atoms with Crippen LogP contribution in [-0.4, -0.2) is 45.0 Å². The molecule has 1 fully saturated rings. The lowest BCUT2D eigenvalue weighted by Gasteiger charge is -2.33. The van der Waals surface area contributed by atoms with E-state index < -0.39 is 6.04 Å². The number of aromatic amines is 1. The molecule has 0 radical (unpaired) electrons. The largest absolute Gasteiger partial charge is 0.349 e. The van der Waals surface area contributed by atoms with Crippen molar-refractivity contribution in [3.63, 3.8) is 0 Å². The highest BCUT2D eigenvalue weighted by Gasteiger charge is 2.27. The van der Waals surface area contributed by atoms with Gasteiger partial charge in [0.2, 0.25) is 11.8 Å². The number of nitrogens with zero attached hydrogens (tertiary/aromatic N) is 3. The highest BCUT2D eigenvalue weighted by atomic mass is 19.1. The lowest BCUT2D eigenvalue weighted by atomic mass is 9.92. The van der Waals surface area contributed by atoms with E-state index in [2.05, 4.69) is 20.5 Å². The molecule has 0 spiro atoms. The van der Waals surface area contributed by atoms with Gasteiger partial charge in [0.05, 0.1) is 18.2 Å². The second-order valence-corrected chi connectivity index (χ2v) is 8.11. The molecule has 32 heavy (non-hydrogen) atoms. The Kier molecular flexibility index (Phi) is 6.58. The average Bonchev–Trinajstić information content (AvgIpc) is 3.34. The highest BCUT2D eigenvalue weighted by molar-refractivity contribution is 5.79. The zero-order valence-electron chi connectivity index (χ0n) is 17.9. The Morgan fingerprint density at radius 1 is 1.16 bits per heavy atom. The molecule has 2 aromatic heterocycles. The molecule has 0 saturated carbocycles. The summed E-state index contributed by atoms with van der Waals surface area (Å²) >= 11 is 0. The van der Waals surface area contributed by atoms with Crippen molar-refractivity contribution >= 4 is 11.8 Å². The van der Waals surface area contributed by atoms with Crippen LogP contribution in [-0.2, 0) is 9.59 Å². The third-order valence-corrected chi connectivity index (χ3v) is 5.89. The van der Waals surface area contributed by atoms with E-state index in [1.165, 1.54) is 19.1 Å². The minimum Gasteiger partial charge on any atom is -0.349 e. The standard InChI is InChI=1S/C24H26FN5O2/c1-16(31)28-23(17-2-5-20(25)6-3-17)14-24(32)30-12-9-18(10-13-30)21-7-4-19(15-26-21)22-8-11-27-29-22/h2-8,11,15,18,23H,9-10,12-14H2,1H3,(H,27,29)(H,28,31). The molecule has 1 aliphatic rings. The number of H-pyrrole nitrogens is 1. The van der Waals surface area contributed by atoms with Gasteiger partial charge in [0, 0.05) is 49.6 Å². The number of benzene rings is 1. The van der Waals surface area contributed by atoms with Crippen molar-refractivity contribution in [2.24, 2.45) is 0 Å². The van der Waals surface area contributed by atoms with Gasteiger partial charge in [-0.05, 0) is 48.7 Å². The first kappa shape index (κ1) is 21.7. The lowest BCUT2D eigenvalue weighted by Crippen LogP contribution is -2.40. The van der Waals surface area contributed by atoms with Crippen molar-refractivity contribution in [1.82, 2.24) is 25.4 Å². The molecule has 8 heteroatoms. The molecule has 1 unspecified atom stereocenters. The van der Waals surface area contributed by atoms with Crippen LogP contribution < -0.4 is 5.32 Å². The van der Waals surface area contributed by atoms with Crippen LogP contribution in [0, 0.1) is 5.82 Å². The van der Waals surface area contributed by atoms with Crippen LogP contribution in [0.25, 0.3) is 11.3 Å². The van der Waals surface area contributed by atoms with E-state index in [9.17, 15) is 14.0 Å². The smallest absolute Gasteiger partial charge is 0.224 e. The van der Waals surface area contributed by atoms with E-state index >= 15 is 0 Å². The number of carbonyl (C=O) groups excluding carboxylic acids is 2. The van der Waals surface area contributed by atoms with Gasteiger partial charge in [-0.2, -0.15) is 5.10 Å². The SMILES string of the molecule is CC(=O)NC(CC(=O)N1CCC(c2ccc(-c3ccn[nH]3)cn2)CC1)c1ccc(F)cc1. The van der Waals surface area contributed by atoms with Crippen LogP contribution in [0.3, 0.4) is 0 Å². The van der Waals surface area contributed by atoms with Gasteiger partial charge in [-0.25, -0.2) is 4.39 Å². The number of carbonyl (C=O) groups is 2. The van der Waals surface area contributed by atoms with E-state index in [0.29, 0.717) is 24.6 Å². The number of likely N-dealkylation sites (tertiary alicyclic amines) is 1. The molecule has 1 atom stereocenters. The molecule has 1 aliphatic heterocycles. The summed E-state index contributed by atoms with van der Waals surface area (Å²) in [6, 6.07) is 11.4. The van der Waals surface area contributed by atoms with Crippen molar-refractivity contribution in [3.8, 4) is 11.3 Å². The van der Waals surface area contributed by atoms with E-state index in [4.69, 9.17) is 0 Å². The Morgan fingerprint density at radius 3 is 2.50 bits per heavy atom. The Balaban J connectivity index is 1.35. The van der Waals surface area contributed by atoms with Gasteiger partial charge in [0.1, 0.15) is 5.82 Å². The molecule has 7 nitrogen and oxygen atoms in total. The summed E-state index contributed by atoms with van der Waals surface area (Å²) < 4.78 is 13.3. The van der Waals surface area contributed by atoms with E-state index in [1.54, 1.807) is 18.3 Å². The zero-order valence-corrected chi connectivity index (χ0v) is 17.9.